The lowest BCUT2D eigenvalue weighted by Crippen LogP contribution is -2.29. The topological polar surface area (TPSA) is 29.1 Å². The molecule has 1 N–H and O–H groups in total. The van der Waals surface area contributed by atoms with Crippen LogP contribution < -0.4 is 5.32 Å². The van der Waals surface area contributed by atoms with E-state index < -0.39 is 0 Å². The molecule has 1 aromatic rings. The van der Waals surface area contributed by atoms with Crippen molar-refractivity contribution in [2.45, 2.75) is 33.6 Å². The number of carbonyl (C=O) groups excluding carboxylic acids is 1. The SMILES string of the molecule is CC(C)(C)CC(=O)NCCc1ccc(F)cc1. The number of amides is 1. The molecule has 2 nitrogen and oxygen atoms in total. The minimum atomic E-state index is -0.231. The Labute approximate surface area is 102 Å². The molecule has 1 amide bonds. The smallest absolute Gasteiger partial charge is 0.220 e. The fourth-order valence-corrected chi connectivity index (χ4v) is 1.54. The minimum absolute atomic E-state index is 0.0138. The van der Waals surface area contributed by atoms with E-state index in [1.165, 1.54) is 12.1 Å². The molecule has 0 aliphatic rings. The molecule has 1 rings (SSSR count). The summed E-state index contributed by atoms with van der Waals surface area (Å²) in [5.41, 5.74) is 1.04. The van der Waals surface area contributed by atoms with Gasteiger partial charge in [-0.2, -0.15) is 0 Å². The van der Waals surface area contributed by atoms with E-state index in [2.05, 4.69) is 5.32 Å². The minimum Gasteiger partial charge on any atom is -0.356 e. The van der Waals surface area contributed by atoms with Gasteiger partial charge in [0.05, 0.1) is 0 Å². The zero-order valence-corrected chi connectivity index (χ0v) is 10.7. The van der Waals surface area contributed by atoms with Crippen LogP contribution in [-0.4, -0.2) is 12.5 Å². The Morgan fingerprint density at radius 3 is 2.35 bits per heavy atom. The number of hydrogen-bond acceptors (Lipinski definition) is 1. The molecule has 1 aromatic carbocycles. The normalized spacial score (nSPS) is 11.3. The highest BCUT2D eigenvalue weighted by atomic mass is 19.1. The third-order valence-corrected chi connectivity index (χ3v) is 2.34. The van der Waals surface area contributed by atoms with Gasteiger partial charge in [0.2, 0.25) is 5.91 Å². The molecule has 0 aromatic heterocycles. The average Bonchev–Trinajstić information content (AvgIpc) is 2.18. The summed E-state index contributed by atoms with van der Waals surface area (Å²) in [6.07, 6.45) is 1.26. The van der Waals surface area contributed by atoms with Crippen molar-refractivity contribution in [3.8, 4) is 0 Å². The molecule has 0 bridgehead atoms. The van der Waals surface area contributed by atoms with Gasteiger partial charge in [0.1, 0.15) is 5.82 Å². The van der Waals surface area contributed by atoms with E-state index in [1.807, 2.05) is 20.8 Å². The first-order valence-corrected chi connectivity index (χ1v) is 5.88. The van der Waals surface area contributed by atoms with Gasteiger partial charge in [0.25, 0.3) is 0 Å². The van der Waals surface area contributed by atoms with Crippen LogP contribution in [0, 0.1) is 11.2 Å². The summed E-state index contributed by atoms with van der Waals surface area (Å²) < 4.78 is 12.7. The van der Waals surface area contributed by atoms with Crippen molar-refractivity contribution >= 4 is 5.91 Å². The Bertz CT molecular complexity index is 365. The first-order valence-electron chi connectivity index (χ1n) is 5.88. The summed E-state index contributed by atoms with van der Waals surface area (Å²) in [4.78, 5) is 11.5. The van der Waals surface area contributed by atoms with Crippen molar-refractivity contribution in [2.24, 2.45) is 5.41 Å². The second-order valence-corrected chi connectivity index (χ2v) is 5.46. The van der Waals surface area contributed by atoms with Crippen LogP contribution in [0.3, 0.4) is 0 Å². The number of nitrogens with one attached hydrogen (secondary N) is 1. The number of halogens is 1. The van der Waals surface area contributed by atoms with Crippen LogP contribution in [0.2, 0.25) is 0 Å². The molecule has 0 saturated heterocycles. The average molecular weight is 237 g/mol. The molecule has 3 heteroatoms. The molecular weight excluding hydrogens is 217 g/mol. The Morgan fingerprint density at radius 1 is 1.24 bits per heavy atom. The lowest BCUT2D eigenvalue weighted by molar-refractivity contribution is -0.122. The van der Waals surface area contributed by atoms with Crippen LogP contribution in [0.1, 0.15) is 32.8 Å². The van der Waals surface area contributed by atoms with Gasteiger partial charge in [-0.15, -0.1) is 0 Å². The lowest BCUT2D eigenvalue weighted by Gasteiger charge is -2.17. The van der Waals surface area contributed by atoms with E-state index in [0.717, 1.165) is 12.0 Å². The van der Waals surface area contributed by atoms with Crippen LogP contribution in [0.4, 0.5) is 4.39 Å². The van der Waals surface area contributed by atoms with Crippen LogP contribution in [0.25, 0.3) is 0 Å². The quantitative estimate of drug-likeness (QED) is 0.857. The summed E-state index contributed by atoms with van der Waals surface area (Å²) in [6, 6.07) is 6.36. The monoisotopic (exact) mass is 237 g/mol. The predicted molar refractivity (Wildman–Crippen MR) is 67.2 cm³/mol. The fourth-order valence-electron chi connectivity index (χ4n) is 1.54. The number of benzene rings is 1. The summed E-state index contributed by atoms with van der Waals surface area (Å²) in [7, 11) is 0. The van der Waals surface area contributed by atoms with Crippen molar-refractivity contribution in [2.75, 3.05) is 6.54 Å². The van der Waals surface area contributed by atoms with Crippen LogP contribution in [0.15, 0.2) is 24.3 Å². The van der Waals surface area contributed by atoms with Crippen molar-refractivity contribution in [1.82, 2.24) is 5.32 Å². The largest absolute Gasteiger partial charge is 0.356 e. The zero-order valence-electron chi connectivity index (χ0n) is 10.7. The van der Waals surface area contributed by atoms with E-state index in [9.17, 15) is 9.18 Å². The maximum Gasteiger partial charge on any atom is 0.220 e. The fraction of sp³-hybridized carbons (Fsp3) is 0.500. The molecule has 0 saturated carbocycles. The summed E-state index contributed by atoms with van der Waals surface area (Å²) in [6.45, 7) is 6.70. The standard InChI is InChI=1S/C14H20FNO/c1-14(2,3)10-13(17)16-9-8-11-4-6-12(15)7-5-11/h4-7H,8-10H2,1-3H3,(H,16,17). The van der Waals surface area contributed by atoms with E-state index in [-0.39, 0.29) is 17.1 Å². The predicted octanol–water partition coefficient (Wildman–Crippen LogP) is 2.92. The highest BCUT2D eigenvalue weighted by molar-refractivity contribution is 5.76. The molecule has 0 fully saturated rings. The molecule has 0 aliphatic carbocycles. The highest BCUT2D eigenvalue weighted by Crippen LogP contribution is 2.17. The molecule has 0 radical (unpaired) electrons. The molecular formula is C14H20FNO. The molecule has 0 aliphatic heterocycles. The van der Waals surface area contributed by atoms with E-state index in [1.54, 1.807) is 12.1 Å². The summed E-state index contributed by atoms with van der Waals surface area (Å²) in [5, 5.41) is 2.87. The van der Waals surface area contributed by atoms with Crippen molar-refractivity contribution in [3.05, 3.63) is 35.6 Å². The molecule has 94 valence electrons. The number of carbonyl (C=O) groups is 1. The molecule has 17 heavy (non-hydrogen) atoms. The van der Waals surface area contributed by atoms with Gasteiger partial charge >= 0.3 is 0 Å². The highest BCUT2D eigenvalue weighted by Gasteiger charge is 2.15. The van der Waals surface area contributed by atoms with E-state index in [4.69, 9.17) is 0 Å². The summed E-state index contributed by atoms with van der Waals surface area (Å²) in [5.74, 6) is -0.162. The lowest BCUT2D eigenvalue weighted by atomic mass is 9.92. The Morgan fingerprint density at radius 2 is 1.82 bits per heavy atom. The van der Waals surface area contributed by atoms with Gasteiger partial charge < -0.3 is 5.32 Å². The van der Waals surface area contributed by atoms with Crippen molar-refractivity contribution in [3.63, 3.8) is 0 Å². The third kappa shape index (κ3) is 6.05. The van der Waals surface area contributed by atoms with E-state index in [0.29, 0.717) is 13.0 Å². The number of hydrogen-bond donors (Lipinski definition) is 1. The zero-order chi connectivity index (χ0) is 12.9. The molecule has 0 heterocycles. The second-order valence-electron chi connectivity index (χ2n) is 5.46. The van der Waals surface area contributed by atoms with Gasteiger partial charge in [0.15, 0.2) is 0 Å². The van der Waals surface area contributed by atoms with Gasteiger partial charge in [-0.3, -0.25) is 4.79 Å². The second kappa shape index (κ2) is 5.80. The number of rotatable bonds is 4. The molecule has 0 spiro atoms. The van der Waals surface area contributed by atoms with Crippen LogP contribution in [-0.2, 0) is 11.2 Å². The Balaban J connectivity index is 2.28. The Hall–Kier alpha value is -1.38. The van der Waals surface area contributed by atoms with Crippen molar-refractivity contribution in [1.29, 1.82) is 0 Å². The first kappa shape index (κ1) is 13.7. The van der Waals surface area contributed by atoms with Gasteiger partial charge in [-0.25, -0.2) is 4.39 Å². The molecule has 0 atom stereocenters. The van der Waals surface area contributed by atoms with Gasteiger partial charge in [-0.05, 0) is 29.5 Å². The summed E-state index contributed by atoms with van der Waals surface area (Å²) >= 11 is 0. The van der Waals surface area contributed by atoms with Gasteiger partial charge in [0, 0.05) is 13.0 Å². The first-order chi connectivity index (χ1) is 7.87. The van der Waals surface area contributed by atoms with Crippen molar-refractivity contribution < 1.29 is 9.18 Å². The van der Waals surface area contributed by atoms with Crippen LogP contribution in [0.5, 0.6) is 0 Å². The molecule has 0 unspecified atom stereocenters. The maximum atomic E-state index is 12.7. The van der Waals surface area contributed by atoms with Gasteiger partial charge in [-0.1, -0.05) is 32.9 Å². The Kier molecular flexibility index (Phi) is 4.67. The maximum absolute atomic E-state index is 12.7. The van der Waals surface area contributed by atoms with E-state index >= 15 is 0 Å². The van der Waals surface area contributed by atoms with Crippen LogP contribution >= 0.6 is 0 Å². The third-order valence-electron chi connectivity index (χ3n) is 2.34.